The number of thiophene rings is 1. The summed E-state index contributed by atoms with van der Waals surface area (Å²) in [5, 5.41) is 0. The van der Waals surface area contributed by atoms with E-state index in [9.17, 15) is 8.42 Å². The molecule has 1 aliphatic rings. The van der Waals surface area contributed by atoms with E-state index in [4.69, 9.17) is 9.47 Å². The van der Waals surface area contributed by atoms with Gasteiger partial charge in [-0.05, 0) is 31.9 Å². The summed E-state index contributed by atoms with van der Waals surface area (Å²) in [5.41, 5.74) is 0. The van der Waals surface area contributed by atoms with Crippen LogP contribution in [0.2, 0.25) is 0 Å². The van der Waals surface area contributed by atoms with Crippen LogP contribution < -0.4 is 9.47 Å². The highest BCUT2D eigenvalue weighted by Crippen LogP contribution is 2.29. The number of aromatic nitrogens is 2. The number of ether oxygens (including phenoxy) is 2. The Morgan fingerprint density at radius 3 is 2.67 bits per heavy atom. The summed E-state index contributed by atoms with van der Waals surface area (Å²) >= 11 is 1.29. The first-order valence-electron chi connectivity index (χ1n) is 7.59. The molecule has 7 nitrogen and oxygen atoms in total. The van der Waals surface area contributed by atoms with E-state index in [1.165, 1.54) is 35.1 Å². The molecule has 24 heavy (non-hydrogen) atoms. The van der Waals surface area contributed by atoms with Gasteiger partial charge in [0, 0.05) is 23.8 Å². The van der Waals surface area contributed by atoms with E-state index in [1.54, 1.807) is 6.07 Å². The fourth-order valence-electron chi connectivity index (χ4n) is 2.59. The second-order valence-electron chi connectivity index (χ2n) is 5.48. The quantitative estimate of drug-likeness (QED) is 0.803. The Kier molecular flexibility index (Phi) is 5.02. The van der Waals surface area contributed by atoms with Crippen molar-refractivity contribution in [2.75, 3.05) is 20.2 Å². The largest absolute Gasteiger partial charge is 0.477 e. The predicted molar refractivity (Wildman–Crippen MR) is 90.0 cm³/mol. The van der Waals surface area contributed by atoms with E-state index in [1.807, 2.05) is 13.0 Å². The molecule has 0 spiro atoms. The minimum atomic E-state index is -3.48. The number of rotatable bonds is 5. The molecule has 3 rings (SSSR count). The molecule has 1 aliphatic heterocycles. The molecule has 1 unspecified atom stereocenters. The van der Waals surface area contributed by atoms with Crippen molar-refractivity contribution in [1.29, 1.82) is 0 Å². The third-order valence-electron chi connectivity index (χ3n) is 3.76. The van der Waals surface area contributed by atoms with Crippen molar-refractivity contribution >= 4 is 21.4 Å². The van der Waals surface area contributed by atoms with Crippen LogP contribution in [-0.4, -0.2) is 49.0 Å². The predicted octanol–water partition coefficient (Wildman–Crippen LogP) is 2.09. The van der Waals surface area contributed by atoms with Crippen LogP contribution in [0.15, 0.2) is 28.7 Å². The maximum Gasteiger partial charge on any atom is 0.278 e. The molecule has 3 heterocycles. The fraction of sp³-hybridized carbons (Fsp3) is 0.467. The summed E-state index contributed by atoms with van der Waals surface area (Å²) in [6, 6.07) is 3.48. The Morgan fingerprint density at radius 1 is 1.25 bits per heavy atom. The van der Waals surface area contributed by atoms with Gasteiger partial charge >= 0.3 is 0 Å². The third-order valence-corrected chi connectivity index (χ3v) is 7.09. The SMILES string of the molecule is COc1nccnc1OC1CCCN(S(=O)(=O)c2ccc(C)s2)C1. The van der Waals surface area contributed by atoms with Gasteiger partial charge in [0.1, 0.15) is 10.3 Å². The van der Waals surface area contributed by atoms with Gasteiger partial charge in [-0.15, -0.1) is 11.3 Å². The second kappa shape index (κ2) is 7.04. The minimum Gasteiger partial charge on any atom is -0.477 e. The maximum atomic E-state index is 12.7. The number of piperidine rings is 1. The highest BCUT2D eigenvalue weighted by atomic mass is 32.2. The van der Waals surface area contributed by atoms with Gasteiger partial charge in [-0.3, -0.25) is 0 Å². The van der Waals surface area contributed by atoms with Crippen molar-refractivity contribution in [2.24, 2.45) is 0 Å². The van der Waals surface area contributed by atoms with Gasteiger partial charge in [0.2, 0.25) is 0 Å². The molecule has 130 valence electrons. The van der Waals surface area contributed by atoms with Crippen molar-refractivity contribution in [3.8, 4) is 11.8 Å². The topological polar surface area (TPSA) is 81.6 Å². The molecule has 0 N–H and O–H groups in total. The van der Waals surface area contributed by atoms with E-state index < -0.39 is 10.0 Å². The third kappa shape index (κ3) is 3.52. The average molecular weight is 369 g/mol. The molecule has 2 aromatic rings. The Bertz CT molecular complexity index is 807. The Labute approximate surface area is 145 Å². The molecule has 0 saturated carbocycles. The molecule has 9 heteroatoms. The minimum absolute atomic E-state index is 0.278. The molecule has 1 atom stereocenters. The molecule has 1 saturated heterocycles. The molecular formula is C15H19N3O4S2. The first kappa shape index (κ1) is 17.1. The number of hydrogen-bond acceptors (Lipinski definition) is 7. The molecule has 2 aromatic heterocycles. The van der Waals surface area contributed by atoms with E-state index >= 15 is 0 Å². The van der Waals surface area contributed by atoms with E-state index in [2.05, 4.69) is 9.97 Å². The van der Waals surface area contributed by atoms with Crippen LogP contribution in [0.4, 0.5) is 0 Å². The zero-order valence-electron chi connectivity index (χ0n) is 13.5. The van der Waals surface area contributed by atoms with Crippen LogP contribution in [0, 0.1) is 6.92 Å². The van der Waals surface area contributed by atoms with Crippen LogP contribution in [0.3, 0.4) is 0 Å². The molecule has 1 fully saturated rings. The normalized spacial score (nSPS) is 19.2. The second-order valence-corrected chi connectivity index (χ2v) is 8.93. The maximum absolute atomic E-state index is 12.7. The first-order valence-corrected chi connectivity index (χ1v) is 9.84. The van der Waals surface area contributed by atoms with Crippen LogP contribution in [-0.2, 0) is 10.0 Å². The van der Waals surface area contributed by atoms with Gasteiger partial charge in [-0.25, -0.2) is 18.4 Å². The van der Waals surface area contributed by atoms with Crippen molar-refractivity contribution in [1.82, 2.24) is 14.3 Å². The lowest BCUT2D eigenvalue weighted by Crippen LogP contribution is -2.44. The molecule has 0 amide bonds. The van der Waals surface area contributed by atoms with Gasteiger partial charge in [-0.2, -0.15) is 4.31 Å². The zero-order valence-corrected chi connectivity index (χ0v) is 15.1. The molecule has 0 aromatic carbocycles. The lowest BCUT2D eigenvalue weighted by atomic mass is 10.1. The van der Waals surface area contributed by atoms with E-state index in [0.29, 0.717) is 23.2 Å². The van der Waals surface area contributed by atoms with Crippen LogP contribution in [0.25, 0.3) is 0 Å². The smallest absolute Gasteiger partial charge is 0.278 e. The van der Waals surface area contributed by atoms with Gasteiger partial charge in [-0.1, -0.05) is 0 Å². The lowest BCUT2D eigenvalue weighted by Gasteiger charge is -2.31. The summed E-state index contributed by atoms with van der Waals surface area (Å²) in [4.78, 5) is 9.13. The van der Waals surface area contributed by atoms with Crippen LogP contribution >= 0.6 is 11.3 Å². The fourth-order valence-corrected chi connectivity index (χ4v) is 5.54. The number of nitrogens with zero attached hydrogens (tertiary/aromatic N) is 3. The van der Waals surface area contributed by atoms with Gasteiger partial charge in [0.05, 0.1) is 13.7 Å². The lowest BCUT2D eigenvalue weighted by molar-refractivity contribution is 0.119. The van der Waals surface area contributed by atoms with Gasteiger partial charge < -0.3 is 9.47 Å². The van der Waals surface area contributed by atoms with Crippen LogP contribution in [0.1, 0.15) is 17.7 Å². The van der Waals surface area contributed by atoms with E-state index in [0.717, 1.165) is 17.7 Å². The monoisotopic (exact) mass is 369 g/mol. The Balaban J connectivity index is 1.75. The van der Waals surface area contributed by atoms with Crippen LogP contribution in [0.5, 0.6) is 11.8 Å². The van der Waals surface area contributed by atoms with Crippen molar-refractivity contribution in [3.63, 3.8) is 0 Å². The summed E-state index contributed by atoms with van der Waals surface area (Å²) in [5.74, 6) is 0.586. The molecule has 0 aliphatic carbocycles. The Morgan fingerprint density at radius 2 is 2.00 bits per heavy atom. The number of sulfonamides is 1. The molecular weight excluding hydrogens is 350 g/mol. The van der Waals surface area contributed by atoms with Crippen molar-refractivity contribution in [3.05, 3.63) is 29.4 Å². The standard InChI is InChI=1S/C15H19N3O4S2/c1-11-5-6-13(23-11)24(19,20)18-9-3-4-12(10-18)22-15-14(21-2)16-7-8-17-15/h5-8,12H,3-4,9-10H2,1-2H3. The zero-order chi connectivity index (χ0) is 17.2. The summed E-state index contributed by atoms with van der Waals surface area (Å²) in [6.45, 7) is 2.68. The summed E-state index contributed by atoms with van der Waals surface area (Å²) < 4.78 is 38.3. The highest BCUT2D eigenvalue weighted by molar-refractivity contribution is 7.91. The van der Waals surface area contributed by atoms with Gasteiger partial charge in [0.25, 0.3) is 21.8 Å². The molecule has 0 bridgehead atoms. The average Bonchev–Trinajstić information content (AvgIpc) is 3.03. The molecule has 0 radical (unpaired) electrons. The first-order chi connectivity index (χ1) is 11.5. The summed E-state index contributed by atoms with van der Waals surface area (Å²) in [6.07, 6.45) is 4.25. The van der Waals surface area contributed by atoms with Crippen molar-refractivity contribution < 1.29 is 17.9 Å². The number of methoxy groups -OCH3 is 1. The van der Waals surface area contributed by atoms with E-state index in [-0.39, 0.29) is 12.0 Å². The summed E-state index contributed by atoms with van der Waals surface area (Å²) in [7, 11) is -1.98. The number of aryl methyl sites for hydroxylation is 1. The number of hydrogen-bond donors (Lipinski definition) is 0. The Hall–Kier alpha value is -1.71. The highest BCUT2D eigenvalue weighted by Gasteiger charge is 2.32. The van der Waals surface area contributed by atoms with Gasteiger partial charge in [0.15, 0.2) is 0 Å². The van der Waals surface area contributed by atoms with Crippen molar-refractivity contribution in [2.45, 2.75) is 30.1 Å².